The molecule has 0 aliphatic rings. The molecule has 0 amide bonds. The highest BCUT2D eigenvalue weighted by molar-refractivity contribution is 9.08. The second-order valence-corrected chi connectivity index (χ2v) is 3.90. The molecule has 0 aliphatic heterocycles. The summed E-state index contributed by atoms with van der Waals surface area (Å²) in [4.78, 5) is 3.87. The Morgan fingerprint density at radius 2 is 2.00 bits per heavy atom. The summed E-state index contributed by atoms with van der Waals surface area (Å²) in [7, 11) is 0. The molecule has 2 rings (SSSR count). The van der Waals surface area contributed by atoms with E-state index in [0.29, 0.717) is 16.2 Å². The summed E-state index contributed by atoms with van der Waals surface area (Å²) in [5.41, 5.74) is 0.769. The summed E-state index contributed by atoms with van der Waals surface area (Å²) in [5.74, 6) is 0. The zero-order valence-corrected chi connectivity index (χ0v) is 9.64. The number of hydrogen-bond acceptors (Lipinski definition) is 1. The third-order valence-corrected chi connectivity index (χ3v) is 2.87. The standard InChI is InChI=1S/C11H7BrF3N/c12-5-8-3-1-2-7-4-9(11(13,14)15)6-16-10(7)8/h1-4,6H,5H2. The van der Waals surface area contributed by atoms with Gasteiger partial charge >= 0.3 is 6.18 Å². The van der Waals surface area contributed by atoms with Gasteiger partial charge in [0.2, 0.25) is 0 Å². The van der Waals surface area contributed by atoms with Gasteiger partial charge in [-0.2, -0.15) is 13.2 Å². The van der Waals surface area contributed by atoms with Crippen LogP contribution in [0.15, 0.2) is 30.5 Å². The molecule has 0 atom stereocenters. The maximum absolute atomic E-state index is 12.4. The van der Waals surface area contributed by atoms with E-state index < -0.39 is 11.7 Å². The molecule has 2 aromatic rings. The second-order valence-electron chi connectivity index (χ2n) is 3.34. The van der Waals surface area contributed by atoms with E-state index >= 15 is 0 Å². The van der Waals surface area contributed by atoms with Gasteiger partial charge in [0.25, 0.3) is 0 Å². The quantitative estimate of drug-likeness (QED) is 0.719. The SMILES string of the molecule is FC(F)(F)c1cnc2c(CBr)cccc2c1. The van der Waals surface area contributed by atoms with Gasteiger partial charge in [-0.3, -0.25) is 4.98 Å². The normalized spacial score (nSPS) is 12.0. The monoisotopic (exact) mass is 289 g/mol. The van der Waals surface area contributed by atoms with Crippen LogP contribution in [0, 0.1) is 0 Å². The van der Waals surface area contributed by atoms with Gasteiger partial charge < -0.3 is 0 Å². The molecule has 0 saturated carbocycles. The molecule has 84 valence electrons. The van der Waals surface area contributed by atoms with E-state index in [2.05, 4.69) is 20.9 Å². The summed E-state index contributed by atoms with van der Waals surface area (Å²) < 4.78 is 37.3. The number of hydrogen-bond donors (Lipinski definition) is 0. The van der Waals surface area contributed by atoms with E-state index in [1.54, 1.807) is 12.1 Å². The highest BCUT2D eigenvalue weighted by atomic mass is 79.9. The Bertz CT molecular complexity index is 522. The first kappa shape index (κ1) is 11.4. The molecule has 0 saturated heterocycles. The molecule has 1 heterocycles. The number of aromatic nitrogens is 1. The molecule has 1 nitrogen and oxygen atoms in total. The topological polar surface area (TPSA) is 12.9 Å². The predicted molar refractivity (Wildman–Crippen MR) is 59.4 cm³/mol. The molecule has 1 aromatic heterocycles. The minimum Gasteiger partial charge on any atom is -0.255 e. The molecule has 0 spiro atoms. The molecule has 0 fully saturated rings. The third kappa shape index (κ3) is 2.04. The highest BCUT2D eigenvalue weighted by Gasteiger charge is 2.31. The zero-order valence-electron chi connectivity index (χ0n) is 8.05. The van der Waals surface area contributed by atoms with Crippen LogP contribution < -0.4 is 0 Å². The Morgan fingerprint density at radius 1 is 1.25 bits per heavy atom. The average Bonchev–Trinajstić information content (AvgIpc) is 2.26. The van der Waals surface area contributed by atoms with Crippen LogP contribution in [0.2, 0.25) is 0 Å². The van der Waals surface area contributed by atoms with Crippen LogP contribution >= 0.6 is 15.9 Å². The zero-order chi connectivity index (χ0) is 11.8. The number of halogens is 4. The van der Waals surface area contributed by atoms with Crippen molar-refractivity contribution in [2.75, 3.05) is 0 Å². The van der Waals surface area contributed by atoms with Crippen molar-refractivity contribution >= 4 is 26.8 Å². The van der Waals surface area contributed by atoms with Gasteiger partial charge in [0, 0.05) is 16.9 Å². The molecule has 16 heavy (non-hydrogen) atoms. The fraction of sp³-hybridized carbons (Fsp3) is 0.182. The van der Waals surface area contributed by atoms with Gasteiger partial charge in [0.05, 0.1) is 11.1 Å². The van der Waals surface area contributed by atoms with Gasteiger partial charge in [-0.1, -0.05) is 34.1 Å². The van der Waals surface area contributed by atoms with Crippen LogP contribution in [-0.2, 0) is 11.5 Å². The first-order chi connectivity index (χ1) is 7.52. The van der Waals surface area contributed by atoms with Crippen LogP contribution in [0.3, 0.4) is 0 Å². The van der Waals surface area contributed by atoms with E-state index in [-0.39, 0.29) is 0 Å². The van der Waals surface area contributed by atoms with E-state index in [4.69, 9.17) is 0 Å². The maximum atomic E-state index is 12.4. The number of nitrogens with zero attached hydrogens (tertiary/aromatic N) is 1. The van der Waals surface area contributed by atoms with Gasteiger partial charge in [-0.05, 0) is 11.6 Å². The Balaban J connectivity index is 2.64. The molecule has 1 aromatic carbocycles. The van der Waals surface area contributed by atoms with Crippen molar-refractivity contribution < 1.29 is 13.2 Å². The summed E-state index contributed by atoms with van der Waals surface area (Å²) in [5, 5.41) is 1.08. The van der Waals surface area contributed by atoms with Crippen LogP contribution in [-0.4, -0.2) is 4.98 Å². The average molecular weight is 290 g/mol. The molecular formula is C11H7BrF3N. The van der Waals surface area contributed by atoms with Crippen LogP contribution in [0.25, 0.3) is 10.9 Å². The summed E-state index contributed by atoms with van der Waals surface area (Å²) >= 11 is 3.27. The van der Waals surface area contributed by atoms with E-state index in [0.717, 1.165) is 17.8 Å². The Kier molecular flexibility index (Phi) is 2.88. The first-order valence-electron chi connectivity index (χ1n) is 4.53. The molecule has 0 unspecified atom stereocenters. The molecule has 5 heteroatoms. The van der Waals surface area contributed by atoms with E-state index in [9.17, 15) is 13.2 Å². The van der Waals surface area contributed by atoms with E-state index in [1.165, 1.54) is 0 Å². The Morgan fingerprint density at radius 3 is 2.62 bits per heavy atom. The van der Waals surface area contributed by atoms with E-state index in [1.807, 2.05) is 6.07 Å². The summed E-state index contributed by atoms with van der Waals surface area (Å²) in [6.45, 7) is 0. The number of pyridine rings is 1. The summed E-state index contributed by atoms with van der Waals surface area (Å²) in [6, 6.07) is 6.30. The second kappa shape index (κ2) is 4.05. The molecule has 0 N–H and O–H groups in total. The van der Waals surface area contributed by atoms with Gasteiger partial charge in [0.15, 0.2) is 0 Å². The Hall–Kier alpha value is -1.10. The minimum atomic E-state index is -4.34. The number of benzene rings is 1. The first-order valence-corrected chi connectivity index (χ1v) is 5.65. The third-order valence-electron chi connectivity index (χ3n) is 2.27. The lowest BCUT2D eigenvalue weighted by molar-refractivity contribution is -0.137. The van der Waals surface area contributed by atoms with Crippen molar-refractivity contribution in [3.05, 3.63) is 41.6 Å². The van der Waals surface area contributed by atoms with Crippen molar-refractivity contribution in [2.45, 2.75) is 11.5 Å². The lowest BCUT2D eigenvalue weighted by Crippen LogP contribution is -2.05. The van der Waals surface area contributed by atoms with Crippen molar-refractivity contribution in [3.8, 4) is 0 Å². The van der Waals surface area contributed by atoms with Gasteiger partial charge in [0.1, 0.15) is 0 Å². The summed E-state index contributed by atoms with van der Waals surface area (Å²) in [6.07, 6.45) is -3.47. The maximum Gasteiger partial charge on any atom is 0.417 e. The van der Waals surface area contributed by atoms with Gasteiger partial charge in [-0.15, -0.1) is 0 Å². The number of para-hydroxylation sites is 1. The lowest BCUT2D eigenvalue weighted by atomic mass is 10.1. The van der Waals surface area contributed by atoms with Gasteiger partial charge in [-0.25, -0.2) is 0 Å². The largest absolute Gasteiger partial charge is 0.417 e. The molecule has 0 radical (unpaired) electrons. The molecule has 0 bridgehead atoms. The minimum absolute atomic E-state index is 0.506. The fourth-order valence-corrected chi connectivity index (χ4v) is 1.94. The highest BCUT2D eigenvalue weighted by Crippen LogP contribution is 2.31. The Labute approximate surface area is 98.4 Å². The number of fused-ring (bicyclic) bond motifs is 1. The fourth-order valence-electron chi connectivity index (χ4n) is 1.49. The lowest BCUT2D eigenvalue weighted by Gasteiger charge is -2.08. The van der Waals surface area contributed by atoms with Crippen molar-refractivity contribution in [1.29, 1.82) is 0 Å². The van der Waals surface area contributed by atoms with Crippen molar-refractivity contribution in [1.82, 2.24) is 4.98 Å². The van der Waals surface area contributed by atoms with Crippen LogP contribution in [0.4, 0.5) is 13.2 Å². The molecule has 0 aliphatic carbocycles. The van der Waals surface area contributed by atoms with Crippen molar-refractivity contribution in [3.63, 3.8) is 0 Å². The number of alkyl halides is 4. The smallest absolute Gasteiger partial charge is 0.255 e. The van der Waals surface area contributed by atoms with Crippen LogP contribution in [0.5, 0.6) is 0 Å². The molecular weight excluding hydrogens is 283 g/mol. The van der Waals surface area contributed by atoms with Crippen LogP contribution in [0.1, 0.15) is 11.1 Å². The van der Waals surface area contributed by atoms with Crippen molar-refractivity contribution in [2.24, 2.45) is 0 Å². The number of rotatable bonds is 1. The predicted octanol–water partition coefficient (Wildman–Crippen LogP) is 4.15.